The number of nitrogens with zero attached hydrogens (tertiary/aromatic N) is 1. The maximum absolute atomic E-state index is 11.6. The molecule has 0 amide bonds. The number of rotatable bonds is 3. The first-order valence-corrected chi connectivity index (χ1v) is 6.44. The van der Waals surface area contributed by atoms with Crippen LogP contribution in [-0.2, 0) is 14.8 Å². The third-order valence-corrected chi connectivity index (χ3v) is 4.29. The summed E-state index contributed by atoms with van der Waals surface area (Å²) in [5.41, 5.74) is -0.567. The van der Waals surface area contributed by atoms with Gasteiger partial charge < -0.3 is 4.74 Å². The molecule has 1 aliphatic rings. The lowest BCUT2D eigenvalue weighted by molar-refractivity contribution is 0.0386. The van der Waals surface area contributed by atoms with Crippen molar-refractivity contribution in [1.82, 2.24) is 4.72 Å². The van der Waals surface area contributed by atoms with E-state index < -0.39 is 20.8 Å². The van der Waals surface area contributed by atoms with E-state index in [1.807, 2.05) is 0 Å². The topological polar surface area (TPSA) is 79.2 Å². The zero-order chi connectivity index (χ0) is 11.5. The second-order valence-electron chi connectivity index (χ2n) is 4.14. The van der Waals surface area contributed by atoms with E-state index in [4.69, 9.17) is 10.00 Å². The fourth-order valence-electron chi connectivity index (χ4n) is 1.52. The molecule has 0 saturated carbocycles. The average Bonchev–Trinajstić information content (AvgIpc) is 2.16. The van der Waals surface area contributed by atoms with E-state index in [9.17, 15) is 8.42 Å². The Balaban J connectivity index is 2.72. The lowest BCUT2D eigenvalue weighted by Crippen LogP contribution is -2.53. The monoisotopic (exact) mass is 232 g/mol. The van der Waals surface area contributed by atoms with E-state index in [-0.39, 0.29) is 0 Å². The Morgan fingerprint density at radius 2 is 2.27 bits per heavy atom. The van der Waals surface area contributed by atoms with Crippen molar-refractivity contribution in [3.8, 4) is 6.07 Å². The molecule has 86 valence electrons. The van der Waals surface area contributed by atoms with Gasteiger partial charge in [0.25, 0.3) is 0 Å². The van der Waals surface area contributed by atoms with E-state index in [0.29, 0.717) is 13.2 Å². The lowest BCUT2D eigenvalue weighted by atomic mass is 9.97. The van der Waals surface area contributed by atoms with Gasteiger partial charge in [-0.05, 0) is 26.7 Å². The van der Waals surface area contributed by atoms with E-state index in [1.165, 1.54) is 6.92 Å². The highest BCUT2D eigenvalue weighted by Gasteiger charge is 2.34. The van der Waals surface area contributed by atoms with Crippen LogP contribution in [0.5, 0.6) is 0 Å². The van der Waals surface area contributed by atoms with Crippen LogP contribution < -0.4 is 4.72 Å². The standard InChI is InChI=1S/C9H16N2O3S/c1-8(6-10)15(12,13)11-9(2)4-3-5-14-7-9/h8,11H,3-5,7H2,1-2H3. The molecule has 1 fully saturated rings. The number of nitriles is 1. The number of hydrogen-bond donors (Lipinski definition) is 1. The van der Waals surface area contributed by atoms with Gasteiger partial charge in [0.05, 0.1) is 18.2 Å². The molecular formula is C9H16N2O3S. The van der Waals surface area contributed by atoms with Crippen LogP contribution in [0.3, 0.4) is 0 Å². The van der Waals surface area contributed by atoms with Crippen LogP contribution in [0.2, 0.25) is 0 Å². The zero-order valence-corrected chi connectivity index (χ0v) is 9.80. The summed E-state index contributed by atoms with van der Waals surface area (Å²) in [7, 11) is -3.56. The predicted octanol–water partition coefficient (Wildman–Crippen LogP) is 0.387. The van der Waals surface area contributed by atoms with Crippen LogP contribution in [0.1, 0.15) is 26.7 Å². The highest BCUT2D eigenvalue weighted by atomic mass is 32.2. The summed E-state index contributed by atoms with van der Waals surface area (Å²) >= 11 is 0. The van der Waals surface area contributed by atoms with E-state index >= 15 is 0 Å². The SMILES string of the molecule is CC(C#N)S(=O)(=O)NC1(C)CCCOC1. The van der Waals surface area contributed by atoms with Crippen LogP contribution >= 0.6 is 0 Å². The number of nitrogens with one attached hydrogen (secondary N) is 1. The minimum absolute atomic E-state index is 0.365. The highest BCUT2D eigenvalue weighted by Crippen LogP contribution is 2.20. The zero-order valence-electron chi connectivity index (χ0n) is 8.99. The maximum Gasteiger partial charge on any atom is 0.228 e. The summed E-state index contributed by atoms with van der Waals surface area (Å²) in [4.78, 5) is 0. The molecule has 1 heterocycles. The van der Waals surface area contributed by atoms with Crippen LogP contribution in [0.15, 0.2) is 0 Å². The van der Waals surface area contributed by atoms with Gasteiger partial charge in [-0.25, -0.2) is 13.1 Å². The van der Waals surface area contributed by atoms with E-state index in [2.05, 4.69) is 4.72 Å². The molecule has 1 rings (SSSR count). The van der Waals surface area contributed by atoms with Gasteiger partial charge in [-0.15, -0.1) is 0 Å². The first-order chi connectivity index (χ1) is 6.90. The fraction of sp³-hybridized carbons (Fsp3) is 0.889. The van der Waals surface area contributed by atoms with Crippen LogP contribution in [0.4, 0.5) is 0 Å². The predicted molar refractivity (Wildman–Crippen MR) is 55.6 cm³/mol. The Hall–Kier alpha value is -0.640. The van der Waals surface area contributed by atoms with Crippen LogP contribution in [0.25, 0.3) is 0 Å². The number of ether oxygens (including phenoxy) is 1. The Kier molecular flexibility index (Phi) is 3.71. The summed E-state index contributed by atoms with van der Waals surface area (Å²) in [5.74, 6) is 0. The lowest BCUT2D eigenvalue weighted by Gasteiger charge is -2.34. The maximum atomic E-state index is 11.6. The molecule has 5 nitrogen and oxygen atoms in total. The van der Waals surface area contributed by atoms with Crippen molar-refractivity contribution in [2.24, 2.45) is 0 Å². The summed E-state index contributed by atoms with van der Waals surface area (Å²) in [6.45, 7) is 4.21. The first kappa shape index (κ1) is 12.4. The molecule has 1 saturated heterocycles. The van der Waals surface area contributed by atoms with Gasteiger partial charge in [-0.2, -0.15) is 5.26 Å². The summed E-state index contributed by atoms with van der Waals surface area (Å²) < 4.78 is 31.1. The second kappa shape index (κ2) is 4.47. The molecule has 0 aromatic carbocycles. The largest absolute Gasteiger partial charge is 0.380 e. The third kappa shape index (κ3) is 3.16. The molecule has 15 heavy (non-hydrogen) atoms. The van der Waals surface area contributed by atoms with Gasteiger partial charge in [0.1, 0.15) is 0 Å². The molecule has 0 bridgehead atoms. The van der Waals surface area contributed by atoms with Crippen molar-refractivity contribution < 1.29 is 13.2 Å². The Labute approximate surface area is 90.5 Å². The summed E-state index contributed by atoms with van der Waals surface area (Å²) in [6.07, 6.45) is 1.57. The molecule has 0 aliphatic carbocycles. The first-order valence-electron chi connectivity index (χ1n) is 4.90. The van der Waals surface area contributed by atoms with Gasteiger partial charge in [-0.1, -0.05) is 0 Å². The van der Waals surface area contributed by atoms with Gasteiger partial charge in [0, 0.05) is 6.61 Å². The molecule has 2 unspecified atom stereocenters. The quantitative estimate of drug-likeness (QED) is 0.763. The fourth-order valence-corrected chi connectivity index (χ4v) is 2.68. The Morgan fingerprint density at radius 3 is 2.73 bits per heavy atom. The normalized spacial score (nSPS) is 29.4. The molecule has 0 radical (unpaired) electrons. The molecule has 6 heteroatoms. The minimum Gasteiger partial charge on any atom is -0.380 e. The number of sulfonamides is 1. The Morgan fingerprint density at radius 1 is 1.60 bits per heavy atom. The van der Waals surface area contributed by atoms with Crippen LogP contribution in [0, 0.1) is 11.3 Å². The molecule has 1 N–H and O–H groups in total. The van der Waals surface area contributed by atoms with Crippen LogP contribution in [-0.4, -0.2) is 32.4 Å². The highest BCUT2D eigenvalue weighted by molar-refractivity contribution is 7.90. The van der Waals surface area contributed by atoms with Gasteiger partial charge in [-0.3, -0.25) is 0 Å². The molecule has 0 aromatic heterocycles. The molecule has 0 spiro atoms. The minimum atomic E-state index is -3.56. The van der Waals surface area contributed by atoms with Crippen molar-refractivity contribution in [1.29, 1.82) is 5.26 Å². The number of hydrogen-bond acceptors (Lipinski definition) is 4. The molecule has 2 atom stereocenters. The molecular weight excluding hydrogens is 216 g/mol. The van der Waals surface area contributed by atoms with Crippen molar-refractivity contribution in [3.63, 3.8) is 0 Å². The average molecular weight is 232 g/mol. The Bertz CT molecular complexity index is 352. The molecule has 0 aromatic rings. The molecule has 1 aliphatic heterocycles. The van der Waals surface area contributed by atoms with E-state index in [0.717, 1.165) is 12.8 Å². The smallest absolute Gasteiger partial charge is 0.228 e. The van der Waals surface area contributed by atoms with Gasteiger partial charge in [0.15, 0.2) is 5.25 Å². The third-order valence-electron chi connectivity index (χ3n) is 2.47. The van der Waals surface area contributed by atoms with Crippen molar-refractivity contribution in [2.75, 3.05) is 13.2 Å². The van der Waals surface area contributed by atoms with Gasteiger partial charge in [0.2, 0.25) is 10.0 Å². The van der Waals surface area contributed by atoms with Crippen molar-refractivity contribution in [2.45, 2.75) is 37.5 Å². The van der Waals surface area contributed by atoms with E-state index in [1.54, 1.807) is 13.0 Å². The summed E-state index contributed by atoms with van der Waals surface area (Å²) in [6, 6.07) is 1.72. The van der Waals surface area contributed by atoms with Crippen molar-refractivity contribution >= 4 is 10.0 Å². The summed E-state index contributed by atoms with van der Waals surface area (Å²) in [5, 5.41) is 7.55. The van der Waals surface area contributed by atoms with Crippen molar-refractivity contribution in [3.05, 3.63) is 0 Å². The second-order valence-corrected chi connectivity index (χ2v) is 6.14. The van der Waals surface area contributed by atoms with Gasteiger partial charge >= 0.3 is 0 Å².